The lowest BCUT2D eigenvalue weighted by molar-refractivity contribution is 0.0508. The number of aliphatic hydroxyl groups excluding tert-OH is 1. The highest BCUT2D eigenvalue weighted by Crippen LogP contribution is 2.22. The summed E-state index contributed by atoms with van der Waals surface area (Å²) in [5, 5.41) is 10.5. The lowest BCUT2D eigenvalue weighted by Crippen LogP contribution is -2.40. The van der Waals surface area contributed by atoms with E-state index < -0.39 is 6.10 Å². The molecule has 2 atom stereocenters. The number of nitrogens with zero attached hydrogens (tertiary/aromatic N) is 1. The molecule has 0 fully saturated rings. The Labute approximate surface area is 118 Å². The van der Waals surface area contributed by atoms with E-state index in [4.69, 9.17) is 0 Å². The average Bonchev–Trinajstić information content (AvgIpc) is 2.48. The van der Waals surface area contributed by atoms with Crippen molar-refractivity contribution in [3.8, 4) is 0 Å². The van der Waals surface area contributed by atoms with Gasteiger partial charge in [0.05, 0.1) is 6.10 Å². The van der Waals surface area contributed by atoms with Crippen LogP contribution in [0.25, 0.3) is 0 Å². The Hall–Kier alpha value is -0.860. The number of hydrogen-bond donors (Lipinski definition) is 1. The fourth-order valence-corrected chi connectivity index (χ4v) is 2.59. The molecule has 2 nitrogen and oxygen atoms in total. The molecule has 1 aromatic carbocycles. The predicted octanol–water partition coefficient (Wildman–Crippen LogP) is 3.87. The zero-order valence-corrected chi connectivity index (χ0v) is 12.8. The van der Waals surface area contributed by atoms with Crippen LogP contribution in [0.4, 0.5) is 0 Å². The topological polar surface area (TPSA) is 23.5 Å². The second kappa shape index (κ2) is 8.34. The van der Waals surface area contributed by atoms with Gasteiger partial charge in [-0.2, -0.15) is 0 Å². The molecular weight excluding hydrogens is 234 g/mol. The molecule has 0 aliphatic rings. The van der Waals surface area contributed by atoms with E-state index in [0.717, 1.165) is 24.6 Å². The van der Waals surface area contributed by atoms with Gasteiger partial charge in [0.25, 0.3) is 0 Å². The number of aliphatic hydroxyl groups is 1. The molecule has 19 heavy (non-hydrogen) atoms. The third-order valence-electron chi connectivity index (χ3n) is 4.23. The molecule has 0 spiro atoms. The number of hydrogen-bond acceptors (Lipinski definition) is 2. The maximum absolute atomic E-state index is 10.5. The van der Waals surface area contributed by atoms with Crippen molar-refractivity contribution < 1.29 is 5.11 Å². The summed E-state index contributed by atoms with van der Waals surface area (Å²) in [5.41, 5.74) is 1.01. The molecule has 0 saturated heterocycles. The highest BCUT2D eigenvalue weighted by Gasteiger charge is 2.23. The van der Waals surface area contributed by atoms with E-state index in [9.17, 15) is 5.11 Å². The van der Waals surface area contributed by atoms with Crippen LogP contribution in [-0.4, -0.2) is 29.1 Å². The van der Waals surface area contributed by atoms with E-state index in [2.05, 4.69) is 32.6 Å². The van der Waals surface area contributed by atoms with Crippen molar-refractivity contribution in [1.82, 2.24) is 4.90 Å². The summed E-state index contributed by atoms with van der Waals surface area (Å²) in [7, 11) is 0. The molecule has 0 amide bonds. The Bertz CT molecular complexity index is 334. The number of benzene rings is 1. The van der Waals surface area contributed by atoms with Crippen molar-refractivity contribution in [2.45, 2.75) is 52.7 Å². The van der Waals surface area contributed by atoms with Crippen LogP contribution in [0.1, 0.15) is 52.2 Å². The first-order chi connectivity index (χ1) is 9.13. The number of rotatable bonds is 8. The van der Waals surface area contributed by atoms with E-state index in [0.29, 0.717) is 0 Å². The van der Waals surface area contributed by atoms with E-state index in [-0.39, 0.29) is 6.04 Å². The summed E-state index contributed by atoms with van der Waals surface area (Å²) in [5.74, 6) is 0.727. The minimum atomic E-state index is -0.407. The summed E-state index contributed by atoms with van der Waals surface area (Å²) in [6, 6.07) is 10.1. The Morgan fingerprint density at radius 1 is 1.05 bits per heavy atom. The van der Waals surface area contributed by atoms with Crippen molar-refractivity contribution in [3.05, 3.63) is 35.9 Å². The second-order valence-corrected chi connectivity index (χ2v) is 5.37. The second-order valence-electron chi connectivity index (χ2n) is 5.37. The first kappa shape index (κ1) is 16.2. The lowest BCUT2D eigenvalue weighted by atomic mass is 9.98. The predicted molar refractivity (Wildman–Crippen MR) is 82.2 cm³/mol. The molecular formula is C17H29NO. The van der Waals surface area contributed by atoms with Crippen LogP contribution in [0.5, 0.6) is 0 Å². The fraction of sp³-hybridized carbons (Fsp3) is 0.647. The fourth-order valence-electron chi connectivity index (χ4n) is 2.59. The smallest absolute Gasteiger partial charge is 0.0942 e. The molecule has 108 valence electrons. The zero-order valence-electron chi connectivity index (χ0n) is 12.8. The zero-order chi connectivity index (χ0) is 14.3. The molecule has 2 unspecified atom stereocenters. The molecule has 1 aromatic rings. The standard InChI is InChI=1S/C17H29NO/c1-5-15(6-2)13-18(7-3)14(4)17(19)16-11-9-8-10-12-16/h8-12,14-15,17,19H,5-7,13H2,1-4H3. The summed E-state index contributed by atoms with van der Waals surface area (Å²) in [4.78, 5) is 2.40. The van der Waals surface area contributed by atoms with Gasteiger partial charge in [-0.25, -0.2) is 0 Å². The molecule has 1 rings (SSSR count). The lowest BCUT2D eigenvalue weighted by Gasteiger charge is -2.34. The van der Waals surface area contributed by atoms with Gasteiger partial charge in [-0.1, -0.05) is 63.9 Å². The monoisotopic (exact) mass is 263 g/mol. The Morgan fingerprint density at radius 3 is 2.11 bits per heavy atom. The van der Waals surface area contributed by atoms with Crippen molar-refractivity contribution in [1.29, 1.82) is 0 Å². The van der Waals surface area contributed by atoms with Gasteiger partial charge in [0, 0.05) is 12.6 Å². The summed E-state index contributed by atoms with van der Waals surface area (Å²) in [6.45, 7) is 10.9. The van der Waals surface area contributed by atoms with E-state index >= 15 is 0 Å². The number of likely N-dealkylation sites (N-methyl/N-ethyl adjacent to an activating group) is 1. The third kappa shape index (κ3) is 4.63. The first-order valence-corrected chi connectivity index (χ1v) is 7.60. The Balaban J connectivity index is 2.70. The molecule has 0 saturated carbocycles. The van der Waals surface area contributed by atoms with Gasteiger partial charge in [-0.15, -0.1) is 0 Å². The van der Waals surface area contributed by atoms with Gasteiger partial charge in [-0.3, -0.25) is 4.90 Å². The van der Waals surface area contributed by atoms with Crippen LogP contribution in [0.3, 0.4) is 0 Å². The minimum Gasteiger partial charge on any atom is -0.387 e. The highest BCUT2D eigenvalue weighted by atomic mass is 16.3. The maximum atomic E-state index is 10.5. The van der Waals surface area contributed by atoms with Gasteiger partial charge in [0.2, 0.25) is 0 Å². The van der Waals surface area contributed by atoms with Crippen LogP contribution in [0.15, 0.2) is 30.3 Å². The Morgan fingerprint density at radius 2 is 1.63 bits per heavy atom. The SMILES string of the molecule is CCC(CC)CN(CC)C(C)C(O)c1ccccc1. The maximum Gasteiger partial charge on any atom is 0.0942 e. The minimum absolute atomic E-state index is 0.160. The van der Waals surface area contributed by atoms with Gasteiger partial charge in [0.15, 0.2) is 0 Å². The molecule has 0 heterocycles. The molecule has 2 heteroatoms. The van der Waals surface area contributed by atoms with Crippen molar-refractivity contribution in [2.24, 2.45) is 5.92 Å². The van der Waals surface area contributed by atoms with Gasteiger partial charge >= 0.3 is 0 Å². The summed E-state index contributed by atoms with van der Waals surface area (Å²) < 4.78 is 0. The van der Waals surface area contributed by atoms with Gasteiger partial charge in [0.1, 0.15) is 0 Å². The molecule has 0 aromatic heterocycles. The van der Waals surface area contributed by atoms with E-state index in [1.807, 2.05) is 30.3 Å². The van der Waals surface area contributed by atoms with Crippen LogP contribution in [0, 0.1) is 5.92 Å². The van der Waals surface area contributed by atoms with Gasteiger partial charge in [-0.05, 0) is 24.9 Å². The first-order valence-electron chi connectivity index (χ1n) is 7.60. The van der Waals surface area contributed by atoms with Crippen LogP contribution >= 0.6 is 0 Å². The van der Waals surface area contributed by atoms with Crippen molar-refractivity contribution >= 4 is 0 Å². The van der Waals surface area contributed by atoms with Crippen molar-refractivity contribution in [3.63, 3.8) is 0 Å². The van der Waals surface area contributed by atoms with Gasteiger partial charge < -0.3 is 5.11 Å². The Kier molecular flexibility index (Phi) is 7.11. The quantitative estimate of drug-likeness (QED) is 0.769. The van der Waals surface area contributed by atoms with Crippen LogP contribution in [-0.2, 0) is 0 Å². The summed E-state index contributed by atoms with van der Waals surface area (Å²) in [6.07, 6.45) is 2.01. The van der Waals surface area contributed by atoms with Crippen LogP contribution < -0.4 is 0 Å². The third-order valence-corrected chi connectivity index (χ3v) is 4.23. The van der Waals surface area contributed by atoms with E-state index in [1.54, 1.807) is 0 Å². The molecule has 0 aliphatic carbocycles. The largest absolute Gasteiger partial charge is 0.387 e. The molecule has 0 bridgehead atoms. The molecule has 0 radical (unpaired) electrons. The molecule has 1 N–H and O–H groups in total. The highest BCUT2D eigenvalue weighted by molar-refractivity contribution is 5.18. The summed E-state index contributed by atoms with van der Waals surface area (Å²) >= 11 is 0. The average molecular weight is 263 g/mol. The normalized spacial score (nSPS) is 14.9. The van der Waals surface area contributed by atoms with Crippen LogP contribution in [0.2, 0.25) is 0 Å². The van der Waals surface area contributed by atoms with E-state index in [1.165, 1.54) is 12.8 Å². The van der Waals surface area contributed by atoms with Crippen molar-refractivity contribution in [2.75, 3.05) is 13.1 Å². The molecule has 0 aliphatic heterocycles.